The summed E-state index contributed by atoms with van der Waals surface area (Å²) in [7, 11) is 5.42. The molecule has 1 aliphatic heterocycles. The normalized spacial score (nSPS) is 17.6. The van der Waals surface area contributed by atoms with Gasteiger partial charge in [-0.05, 0) is 60.8 Å². The summed E-state index contributed by atoms with van der Waals surface area (Å²) in [4.78, 5) is 2.36. The molecule has 0 fully saturated rings. The number of phenols is 1. The quantitative estimate of drug-likeness (QED) is 0.941. The number of benzene rings is 2. The predicted octanol–water partition coefficient (Wildman–Crippen LogP) is 3.18. The van der Waals surface area contributed by atoms with Crippen LogP contribution in [0.3, 0.4) is 0 Å². The van der Waals surface area contributed by atoms with E-state index in [1.807, 2.05) is 24.3 Å². The standard InChI is InChI=1S/C19H23NO3/c1-20-9-8-14-11-18(21)19(23-3)12-16(14)17(20)10-13-4-6-15(22-2)7-5-13/h4-7,11-12,17,21H,8-10H2,1-3H3/t17-/m0/s1. The van der Waals surface area contributed by atoms with Gasteiger partial charge in [0.15, 0.2) is 11.5 Å². The van der Waals surface area contributed by atoms with E-state index >= 15 is 0 Å². The first kappa shape index (κ1) is 15.7. The summed E-state index contributed by atoms with van der Waals surface area (Å²) in [6.07, 6.45) is 1.87. The Morgan fingerprint density at radius 3 is 2.52 bits per heavy atom. The first-order valence-electron chi connectivity index (χ1n) is 7.85. The van der Waals surface area contributed by atoms with Crippen LogP contribution >= 0.6 is 0 Å². The van der Waals surface area contributed by atoms with Crippen LogP contribution in [-0.4, -0.2) is 37.8 Å². The van der Waals surface area contributed by atoms with E-state index in [0.29, 0.717) is 5.75 Å². The number of fused-ring (bicyclic) bond motifs is 1. The second-order valence-corrected chi connectivity index (χ2v) is 6.02. The maximum absolute atomic E-state index is 10.0. The molecule has 1 atom stereocenters. The maximum Gasteiger partial charge on any atom is 0.160 e. The molecule has 2 aromatic carbocycles. The van der Waals surface area contributed by atoms with Crippen LogP contribution < -0.4 is 9.47 Å². The van der Waals surface area contributed by atoms with Crippen LogP contribution in [0.25, 0.3) is 0 Å². The number of phenolic OH excluding ortho intramolecular Hbond substituents is 1. The molecule has 1 aliphatic rings. The van der Waals surface area contributed by atoms with Gasteiger partial charge in [0.25, 0.3) is 0 Å². The summed E-state index contributed by atoms with van der Waals surface area (Å²) in [6.45, 7) is 0.986. The van der Waals surface area contributed by atoms with E-state index in [2.05, 4.69) is 24.1 Å². The Hall–Kier alpha value is -2.20. The minimum absolute atomic E-state index is 0.221. The molecule has 122 valence electrons. The monoisotopic (exact) mass is 313 g/mol. The highest BCUT2D eigenvalue weighted by Crippen LogP contribution is 2.38. The zero-order valence-corrected chi connectivity index (χ0v) is 13.9. The van der Waals surface area contributed by atoms with Gasteiger partial charge in [0.1, 0.15) is 5.75 Å². The van der Waals surface area contributed by atoms with E-state index < -0.39 is 0 Å². The first-order chi connectivity index (χ1) is 11.1. The number of nitrogens with zero attached hydrogens (tertiary/aromatic N) is 1. The average molecular weight is 313 g/mol. The molecule has 0 amide bonds. The largest absolute Gasteiger partial charge is 0.504 e. The van der Waals surface area contributed by atoms with E-state index in [-0.39, 0.29) is 11.8 Å². The lowest BCUT2D eigenvalue weighted by molar-refractivity contribution is 0.228. The second-order valence-electron chi connectivity index (χ2n) is 6.02. The van der Waals surface area contributed by atoms with Crippen LogP contribution in [0.4, 0.5) is 0 Å². The summed E-state index contributed by atoms with van der Waals surface area (Å²) >= 11 is 0. The number of rotatable bonds is 4. The van der Waals surface area contributed by atoms with Crippen molar-refractivity contribution in [2.45, 2.75) is 18.9 Å². The lowest BCUT2D eigenvalue weighted by Crippen LogP contribution is -2.33. The molecule has 1 heterocycles. The zero-order chi connectivity index (χ0) is 16.4. The number of likely N-dealkylation sites (N-methyl/N-ethyl adjacent to an activating group) is 1. The van der Waals surface area contributed by atoms with Gasteiger partial charge in [-0.3, -0.25) is 4.90 Å². The van der Waals surface area contributed by atoms with Gasteiger partial charge in [0.2, 0.25) is 0 Å². The highest BCUT2D eigenvalue weighted by atomic mass is 16.5. The summed E-state index contributed by atoms with van der Waals surface area (Å²) in [5, 5.41) is 10.0. The summed E-state index contributed by atoms with van der Waals surface area (Å²) < 4.78 is 10.5. The van der Waals surface area contributed by atoms with Crippen LogP contribution in [-0.2, 0) is 12.8 Å². The highest BCUT2D eigenvalue weighted by molar-refractivity contribution is 5.49. The van der Waals surface area contributed by atoms with Crippen molar-refractivity contribution in [3.8, 4) is 17.2 Å². The minimum Gasteiger partial charge on any atom is -0.504 e. The predicted molar refractivity (Wildman–Crippen MR) is 90.4 cm³/mol. The van der Waals surface area contributed by atoms with Crippen LogP contribution in [0.1, 0.15) is 22.7 Å². The lowest BCUT2D eigenvalue weighted by Gasteiger charge is -2.35. The van der Waals surface area contributed by atoms with Crippen molar-refractivity contribution in [1.82, 2.24) is 4.90 Å². The fourth-order valence-electron chi connectivity index (χ4n) is 3.26. The number of hydrogen-bond donors (Lipinski definition) is 1. The fourth-order valence-corrected chi connectivity index (χ4v) is 3.26. The zero-order valence-electron chi connectivity index (χ0n) is 13.9. The highest BCUT2D eigenvalue weighted by Gasteiger charge is 2.26. The summed E-state index contributed by atoms with van der Waals surface area (Å²) in [6, 6.07) is 12.3. The minimum atomic E-state index is 0.221. The van der Waals surface area contributed by atoms with Crippen LogP contribution in [0.5, 0.6) is 17.2 Å². The average Bonchev–Trinajstić information content (AvgIpc) is 2.57. The second kappa shape index (κ2) is 6.50. The van der Waals surface area contributed by atoms with E-state index in [9.17, 15) is 5.11 Å². The SMILES string of the molecule is COc1ccc(C[C@H]2c3cc(OC)c(O)cc3CCN2C)cc1. The third kappa shape index (κ3) is 3.13. The lowest BCUT2D eigenvalue weighted by atomic mass is 9.88. The topological polar surface area (TPSA) is 41.9 Å². The van der Waals surface area contributed by atoms with Crippen molar-refractivity contribution < 1.29 is 14.6 Å². The molecular weight excluding hydrogens is 290 g/mol. The Morgan fingerprint density at radius 2 is 1.87 bits per heavy atom. The molecule has 0 spiro atoms. The van der Waals surface area contributed by atoms with Crippen LogP contribution in [0, 0.1) is 0 Å². The molecule has 0 unspecified atom stereocenters. The van der Waals surface area contributed by atoms with Gasteiger partial charge in [0.05, 0.1) is 14.2 Å². The van der Waals surface area contributed by atoms with E-state index in [1.165, 1.54) is 16.7 Å². The fraction of sp³-hybridized carbons (Fsp3) is 0.368. The molecule has 4 nitrogen and oxygen atoms in total. The Labute approximate surface area is 137 Å². The van der Waals surface area contributed by atoms with Crippen molar-refractivity contribution in [2.75, 3.05) is 27.8 Å². The Balaban J connectivity index is 1.92. The molecule has 0 aliphatic carbocycles. The Kier molecular flexibility index (Phi) is 4.44. The maximum atomic E-state index is 10.0. The molecule has 23 heavy (non-hydrogen) atoms. The van der Waals surface area contributed by atoms with Crippen molar-refractivity contribution in [3.63, 3.8) is 0 Å². The molecule has 3 rings (SSSR count). The number of methoxy groups -OCH3 is 2. The molecule has 0 bridgehead atoms. The molecular formula is C19H23NO3. The number of hydrogen-bond acceptors (Lipinski definition) is 4. The third-order valence-electron chi connectivity index (χ3n) is 4.65. The van der Waals surface area contributed by atoms with Gasteiger partial charge < -0.3 is 14.6 Å². The van der Waals surface area contributed by atoms with E-state index in [1.54, 1.807) is 14.2 Å². The molecule has 0 radical (unpaired) electrons. The molecule has 0 aromatic heterocycles. The molecule has 1 N–H and O–H groups in total. The van der Waals surface area contributed by atoms with Gasteiger partial charge in [-0.25, -0.2) is 0 Å². The Morgan fingerprint density at radius 1 is 1.13 bits per heavy atom. The number of aromatic hydroxyl groups is 1. The molecule has 0 saturated carbocycles. The summed E-state index contributed by atoms with van der Waals surface area (Å²) in [5.74, 6) is 1.63. The van der Waals surface area contributed by atoms with Crippen molar-refractivity contribution >= 4 is 0 Å². The van der Waals surface area contributed by atoms with Gasteiger partial charge in [0, 0.05) is 12.6 Å². The smallest absolute Gasteiger partial charge is 0.160 e. The summed E-state index contributed by atoms with van der Waals surface area (Å²) in [5.41, 5.74) is 3.71. The molecule has 2 aromatic rings. The van der Waals surface area contributed by atoms with Gasteiger partial charge in [-0.1, -0.05) is 12.1 Å². The van der Waals surface area contributed by atoms with Gasteiger partial charge in [-0.15, -0.1) is 0 Å². The number of ether oxygens (including phenoxy) is 2. The molecule has 0 saturated heterocycles. The van der Waals surface area contributed by atoms with E-state index in [0.717, 1.165) is 25.1 Å². The van der Waals surface area contributed by atoms with Crippen LogP contribution in [0.15, 0.2) is 36.4 Å². The van der Waals surface area contributed by atoms with E-state index in [4.69, 9.17) is 9.47 Å². The van der Waals surface area contributed by atoms with Crippen molar-refractivity contribution in [3.05, 3.63) is 53.1 Å². The Bertz CT molecular complexity index is 682. The molecule has 4 heteroatoms. The van der Waals surface area contributed by atoms with Crippen molar-refractivity contribution in [2.24, 2.45) is 0 Å². The first-order valence-corrected chi connectivity index (χ1v) is 7.85. The van der Waals surface area contributed by atoms with Gasteiger partial charge in [-0.2, -0.15) is 0 Å². The third-order valence-corrected chi connectivity index (χ3v) is 4.65. The van der Waals surface area contributed by atoms with Crippen LogP contribution in [0.2, 0.25) is 0 Å². The van der Waals surface area contributed by atoms with Crippen molar-refractivity contribution in [1.29, 1.82) is 0 Å². The van der Waals surface area contributed by atoms with Gasteiger partial charge >= 0.3 is 0 Å².